The van der Waals surface area contributed by atoms with Gasteiger partial charge in [-0.1, -0.05) is 121 Å². The molecule has 8 heteroatoms. The number of aromatic nitrogens is 4. The van der Waals surface area contributed by atoms with E-state index >= 15 is 0 Å². The first-order valence-corrected chi connectivity index (χ1v) is 23.1. The van der Waals surface area contributed by atoms with Crippen molar-refractivity contribution in [1.29, 1.82) is 0 Å². The molecule has 0 spiro atoms. The van der Waals surface area contributed by atoms with Crippen LogP contribution in [0.25, 0.3) is 67.1 Å². The molecule has 0 N–H and O–H groups in total. The molecule has 0 unspecified atom stereocenters. The molecule has 0 aliphatic carbocycles. The largest absolute Gasteiger partial charge is 0.341 e. The van der Waals surface area contributed by atoms with Crippen molar-refractivity contribution in [2.45, 2.75) is 0 Å². The maximum absolute atomic E-state index is 5.09. The minimum Gasteiger partial charge on any atom is -0.341 e. The Hall–Kier alpha value is -8.88. The first-order chi connectivity index (χ1) is 33.4. The van der Waals surface area contributed by atoms with Crippen molar-refractivity contribution in [3.05, 3.63) is 206 Å². The Labute approximate surface area is 395 Å². The second-order valence-electron chi connectivity index (χ2n) is 17.8. The van der Waals surface area contributed by atoms with E-state index in [-0.39, 0.29) is 0 Å². The second kappa shape index (κ2) is 15.4. The number of para-hydroxylation sites is 12. The van der Waals surface area contributed by atoms with Crippen molar-refractivity contribution < 1.29 is 0 Å². The molecule has 2 aromatic heterocycles. The normalized spacial score (nSPS) is 12.9. The van der Waals surface area contributed by atoms with Gasteiger partial charge in [-0.25, -0.2) is 9.97 Å². The number of hydrogen-bond acceptors (Lipinski definition) is 6. The quantitative estimate of drug-likeness (QED) is 0.166. The van der Waals surface area contributed by atoms with Gasteiger partial charge in [0.15, 0.2) is 0 Å². The van der Waals surface area contributed by atoms with E-state index in [4.69, 9.17) is 9.97 Å². The second-order valence-corrected chi connectivity index (χ2v) is 17.8. The molecule has 68 heavy (non-hydrogen) atoms. The van der Waals surface area contributed by atoms with Crippen LogP contribution in [0.2, 0.25) is 0 Å². The number of nitrogens with zero attached hydrogens (tertiary/aromatic N) is 8. The molecular formula is C60H46N8. The molecule has 0 saturated carbocycles. The molecule has 2 aliphatic rings. The first kappa shape index (κ1) is 39.5. The van der Waals surface area contributed by atoms with Crippen LogP contribution in [0.3, 0.4) is 0 Å². The first-order valence-electron chi connectivity index (χ1n) is 23.1. The summed E-state index contributed by atoms with van der Waals surface area (Å²) in [7, 11) is 8.53. The molecule has 0 bridgehead atoms. The van der Waals surface area contributed by atoms with Crippen molar-refractivity contribution in [3.8, 4) is 45.0 Å². The Morgan fingerprint density at radius 3 is 1.07 bits per heavy atom. The van der Waals surface area contributed by atoms with Gasteiger partial charge < -0.3 is 28.7 Å². The Morgan fingerprint density at radius 1 is 0.294 bits per heavy atom. The van der Waals surface area contributed by atoms with Crippen LogP contribution >= 0.6 is 0 Å². The lowest BCUT2D eigenvalue weighted by atomic mass is 9.92. The van der Waals surface area contributed by atoms with Crippen molar-refractivity contribution in [1.82, 2.24) is 19.1 Å². The zero-order valence-corrected chi connectivity index (χ0v) is 38.2. The molecule has 0 amide bonds. The number of benzene rings is 9. The highest BCUT2D eigenvalue weighted by molar-refractivity contribution is 6.10. The van der Waals surface area contributed by atoms with Crippen LogP contribution in [0, 0.1) is 0 Å². The monoisotopic (exact) mass is 878 g/mol. The van der Waals surface area contributed by atoms with E-state index < -0.39 is 0 Å². The summed E-state index contributed by atoms with van der Waals surface area (Å²) in [6.07, 6.45) is 0. The number of fused-ring (bicyclic) bond motifs is 6. The molecule has 0 atom stereocenters. The molecule has 2 aliphatic heterocycles. The lowest BCUT2D eigenvalue weighted by molar-refractivity contribution is 0.959. The summed E-state index contributed by atoms with van der Waals surface area (Å²) < 4.78 is 4.37. The Bertz CT molecular complexity index is 3670. The zero-order chi connectivity index (χ0) is 45.6. The van der Waals surface area contributed by atoms with Gasteiger partial charge in [-0.3, -0.25) is 0 Å². The van der Waals surface area contributed by atoms with Crippen molar-refractivity contribution >= 4 is 78.9 Å². The van der Waals surface area contributed by atoms with E-state index in [0.29, 0.717) is 0 Å². The fourth-order valence-electron chi connectivity index (χ4n) is 10.6. The Morgan fingerprint density at radius 2 is 0.647 bits per heavy atom. The van der Waals surface area contributed by atoms with Crippen molar-refractivity contribution in [2.75, 3.05) is 33.7 Å². The third-order valence-electron chi connectivity index (χ3n) is 14.0. The predicted molar refractivity (Wildman–Crippen MR) is 282 cm³/mol. The number of hydrogen-bond donors (Lipinski definition) is 0. The maximum atomic E-state index is 5.09. The smallest absolute Gasteiger partial charge is 0.140 e. The molecule has 0 fully saturated rings. The van der Waals surface area contributed by atoms with Gasteiger partial charge >= 0.3 is 0 Å². The van der Waals surface area contributed by atoms with Crippen LogP contribution in [0.4, 0.5) is 56.9 Å². The van der Waals surface area contributed by atoms with Crippen LogP contribution in [0.15, 0.2) is 206 Å². The highest BCUT2D eigenvalue weighted by Gasteiger charge is 2.36. The molecule has 326 valence electrons. The number of aryl methyl sites for hydroxylation is 2. The van der Waals surface area contributed by atoms with Gasteiger partial charge in [0.25, 0.3) is 0 Å². The van der Waals surface area contributed by atoms with Crippen LogP contribution in [-0.2, 0) is 14.1 Å². The number of imidazole rings is 2. The molecular weight excluding hydrogens is 833 g/mol. The topological polar surface area (TPSA) is 48.6 Å². The average Bonchev–Trinajstić information content (AvgIpc) is 3.92. The standard InChI is InChI=1S/C60H46N8/c1-63-49-21-9-13-25-53(49)67(54-26-14-10-22-50(54)63)57-38-43(39-29-33-41(34-30-39)59-61-45-17-5-7-19-47(45)65(59)3)37-44(40-31-35-42(36-32-40)60-62-46-18-6-8-20-48(46)66(60)4)58(57)68-55-27-15-11-23-51(55)64(2)52-24-12-16-28-56(52)68/h5-38H,1-4H3. The lowest BCUT2D eigenvalue weighted by Gasteiger charge is -2.43. The van der Waals surface area contributed by atoms with E-state index in [1.165, 1.54) is 0 Å². The fraction of sp³-hybridized carbons (Fsp3) is 0.0667. The van der Waals surface area contributed by atoms with E-state index in [9.17, 15) is 0 Å². The number of rotatable bonds is 6. The highest BCUT2D eigenvalue weighted by atomic mass is 15.3. The van der Waals surface area contributed by atoms with Crippen molar-refractivity contribution in [3.63, 3.8) is 0 Å². The lowest BCUT2D eigenvalue weighted by Crippen LogP contribution is -2.28. The molecule has 13 rings (SSSR count). The minimum atomic E-state index is 0.931. The van der Waals surface area contributed by atoms with Gasteiger partial charge in [0.2, 0.25) is 0 Å². The molecule has 0 saturated heterocycles. The van der Waals surface area contributed by atoms with E-state index in [1.54, 1.807) is 0 Å². The van der Waals surface area contributed by atoms with E-state index in [1.807, 2.05) is 12.1 Å². The van der Waals surface area contributed by atoms with Crippen LogP contribution in [0.1, 0.15) is 0 Å². The summed E-state index contributed by atoms with van der Waals surface area (Å²) in [5.74, 6) is 1.87. The summed E-state index contributed by atoms with van der Waals surface area (Å²) in [5, 5.41) is 0. The molecule has 11 aromatic rings. The van der Waals surface area contributed by atoms with Crippen LogP contribution < -0.4 is 19.6 Å². The predicted octanol–water partition coefficient (Wildman–Crippen LogP) is 15.2. The molecule has 4 heterocycles. The Kier molecular flexibility index (Phi) is 8.92. The number of anilines is 10. The summed E-state index contributed by atoms with van der Waals surface area (Å²) in [6.45, 7) is 0. The molecule has 9 aromatic carbocycles. The summed E-state index contributed by atoms with van der Waals surface area (Å²) in [5.41, 5.74) is 21.7. The summed E-state index contributed by atoms with van der Waals surface area (Å²) in [6, 6.07) is 74.4. The van der Waals surface area contributed by atoms with Gasteiger partial charge in [-0.2, -0.15) is 0 Å². The molecule has 8 nitrogen and oxygen atoms in total. The Balaban J connectivity index is 1.10. The van der Waals surface area contributed by atoms with E-state index in [2.05, 4.69) is 251 Å². The SMILES string of the molecule is CN1c2ccccc2N(c2cc(-c3ccc(-c4nc5ccccc5n4C)cc3)cc(-c3ccc(-c4nc5ccccc5n4C)cc3)c2N2c3ccccc3N(C)c3ccccc32)c2ccccc21. The highest BCUT2D eigenvalue weighted by Crippen LogP contribution is 2.60. The van der Waals surface area contributed by atoms with E-state index in [0.717, 1.165) is 124 Å². The van der Waals surface area contributed by atoms with Crippen molar-refractivity contribution in [2.24, 2.45) is 14.1 Å². The van der Waals surface area contributed by atoms with Gasteiger partial charge in [0.05, 0.1) is 78.9 Å². The third kappa shape index (κ3) is 6.00. The van der Waals surface area contributed by atoms with Gasteiger partial charge in [-0.05, 0) is 102 Å². The summed E-state index contributed by atoms with van der Waals surface area (Å²) in [4.78, 5) is 19.7. The molecule has 0 radical (unpaired) electrons. The fourth-order valence-corrected chi connectivity index (χ4v) is 10.6. The maximum Gasteiger partial charge on any atom is 0.140 e. The van der Waals surface area contributed by atoms with Crippen LogP contribution in [0.5, 0.6) is 0 Å². The third-order valence-corrected chi connectivity index (χ3v) is 14.0. The van der Waals surface area contributed by atoms with Crippen LogP contribution in [-0.4, -0.2) is 33.2 Å². The minimum absolute atomic E-state index is 0.931. The van der Waals surface area contributed by atoms with Gasteiger partial charge in [0, 0.05) is 44.9 Å². The van der Waals surface area contributed by atoms with Gasteiger partial charge in [-0.15, -0.1) is 0 Å². The zero-order valence-electron chi connectivity index (χ0n) is 38.2. The summed E-state index contributed by atoms with van der Waals surface area (Å²) >= 11 is 0. The van der Waals surface area contributed by atoms with Gasteiger partial charge in [0.1, 0.15) is 11.6 Å². The average molecular weight is 879 g/mol.